The average molecular weight is 427 g/mol. The number of benzene rings is 2. The Labute approximate surface area is 191 Å². The summed E-state index contributed by atoms with van der Waals surface area (Å²) in [6, 6.07) is 21.4. The van der Waals surface area contributed by atoms with Crippen molar-refractivity contribution in [3.05, 3.63) is 71.8 Å². The second kappa shape index (κ2) is 11.8. The SMILES string of the molecule is CC(C)CC(CC(C)C)(c1ccccc1)[N+](C)(C)C(C)OCCOCc1ccccc1. The van der Waals surface area contributed by atoms with Gasteiger partial charge in [0.1, 0.15) is 5.54 Å². The van der Waals surface area contributed by atoms with E-state index in [1.54, 1.807) is 0 Å². The van der Waals surface area contributed by atoms with E-state index >= 15 is 0 Å². The summed E-state index contributed by atoms with van der Waals surface area (Å²) in [6.45, 7) is 13.4. The van der Waals surface area contributed by atoms with Crippen molar-refractivity contribution in [1.29, 1.82) is 0 Å². The van der Waals surface area contributed by atoms with Crippen LogP contribution in [-0.4, -0.2) is 38.0 Å². The quantitative estimate of drug-likeness (QED) is 0.203. The van der Waals surface area contributed by atoms with Crippen LogP contribution in [0.4, 0.5) is 0 Å². The first-order valence-corrected chi connectivity index (χ1v) is 11.8. The minimum atomic E-state index is -0.00605. The molecule has 0 aliphatic heterocycles. The lowest BCUT2D eigenvalue weighted by Gasteiger charge is -2.53. The van der Waals surface area contributed by atoms with Gasteiger partial charge in [0.05, 0.1) is 33.9 Å². The van der Waals surface area contributed by atoms with Gasteiger partial charge in [-0.1, -0.05) is 88.4 Å². The van der Waals surface area contributed by atoms with Gasteiger partial charge in [-0.15, -0.1) is 0 Å². The number of nitrogens with zero attached hydrogens (tertiary/aromatic N) is 1. The molecule has 0 bridgehead atoms. The summed E-state index contributed by atoms with van der Waals surface area (Å²) in [6.07, 6.45) is 2.30. The second-order valence-corrected chi connectivity index (χ2v) is 10.1. The van der Waals surface area contributed by atoms with Crippen molar-refractivity contribution in [3.8, 4) is 0 Å². The van der Waals surface area contributed by atoms with Crippen molar-refractivity contribution in [2.24, 2.45) is 11.8 Å². The van der Waals surface area contributed by atoms with E-state index in [-0.39, 0.29) is 11.8 Å². The Morgan fingerprint density at radius 3 is 1.77 bits per heavy atom. The molecule has 2 aromatic carbocycles. The maximum Gasteiger partial charge on any atom is 0.190 e. The Bertz CT molecular complexity index is 730. The van der Waals surface area contributed by atoms with Gasteiger partial charge in [-0.2, -0.15) is 0 Å². The highest BCUT2D eigenvalue weighted by molar-refractivity contribution is 5.23. The lowest BCUT2D eigenvalue weighted by atomic mass is 9.74. The third-order valence-electron chi connectivity index (χ3n) is 6.51. The minimum absolute atomic E-state index is 0.00605. The van der Waals surface area contributed by atoms with Gasteiger partial charge in [-0.05, 0) is 17.4 Å². The zero-order valence-corrected chi connectivity index (χ0v) is 20.8. The molecule has 0 N–H and O–H groups in total. The van der Waals surface area contributed by atoms with Crippen LogP contribution in [-0.2, 0) is 21.6 Å². The van der Waals surface area contributed by atoms with Crippen LogP contribution in [0, 0.1) is 11.8 Å². The molecule has 31 heavy (non-hydrogen) atoms. The fourth-order valence-corrected chi connectivity index (χ4v) is 4.80. The molecule has 0 amide bonds. The van der Waals surface area contributed by atoms with Gasteiger partial charge in [0.25, 0.3) is 0 Å². The Balaban J connectivity index is 2.12. The summed E-state index contributed by atoms with van der Waals surface area (Å²) >= 11 is 0. The highest BCUT2D eigenvalue weighted by Gasteiger charge is 2.50. The molecule has 0 saturated heterocycles. The molecular weight excluding hydrogens is 382 g/mol. The maximum absolute atomic E-state index is 6.38. The molecule has 2 aromatic rings. The van der Waals surface area contributed by atoms with Gasteiger partial charge in [0.2, 0.25) is 0 Å². The third kappa shape index (κ3) is 6.90. The van der Waals surface area contributed by atoms with Crippen LogP contribution in [0.25, 0.3) is 0 Å². The molecule has 3 heteroatoms. The fraction of sp³-hybridized carbons (Fsp3) is 0.571. The van der Waals surface area contributed by atoms with Gasteiger partial charge in [-0.3, -0.25) is 4.48 Å². The highest BCUT2D eigenvalue weighted by Crippen LogP contribution is 2.45. The van der Waals surface area contributed by atoms with Crippen LogP contribution in [0.15, 0.2) is 60.7 Å². The molecule has 0 fully saturated rings. The van der Waals surface area contributed by atoms with Crippen LogP contribution in [0.2, 0.25) is 0 Å². The minimum Gasteiger partial charge on any atom is -0.374 e. The molecule has 0 saturated carbocycles. The van der Waals surface area contributed by atoms with Gasteiger partial charge in [0.15, 0.2) is 6.23 Å². The first-order chi connectivity index (χ1) is 14.7. The standard InChI is InChI=1S/C28H44NO2/c1-23(2)20-28(21-24(3)4,27-16-12-9-13-17-27)29(6,7)25(5)31-19-18-30-22-26-14-10-8-11-15-26/h8-17,23-25H,18-22H2,1-7H3/q+1. The van der Waals surface area contributed by atoms with Crippen molar-refractivity contribution in [2.75, 3.05) is 27.3 Å². The zero-order chi connectivity index (χ0) is 22.9. The average Bonchev–Trinajstić information content (AvgIpc) is 2.73. The predicted octanol–water partition coefficient (Wildman–Crippen LogP) is 6.63. The van der Waals surface area contributed by atoms with Crippen LogP contribution in [0.3, 0.4) is 0 Å². The van der Waals surface area contributed by atoms with E-state index < -0.39 is 0 Å². The van der Waals surface area contributed by atoms with E-state index in [9.17, 15) is 0 Å². The number of ether oxygens (including phenoxy) is 2. The van der Waals surface area contributed by atoms with Crippen LogP contribution >= 0.6 is 0 Å². The summed E-state index contributed by atoms with van der Waals surface area (Å²) in [5.41, 5.74) is 2.61. The fourth-order valence-electron chi connectivity index (χ4n) is 4.80. The van der Waals surface area contributed by atoms with E-state index in [4.69, 9.17) is 9.47 Å². The zero-order valence-electron chi connectivity index (χ0n) is 20.8. The summed E-state index contributed by atoms with van der Waals surface area (Å²) < 4.78 is 13.0. The monoisotopic (exact) mass is 426 g/mol. The summed E-state index contributed by atoms with van der Waals surface area (Å²) in [5.74, 6) is 1.19. The molecular formula is C28H44NO2+. The molecule has 0 aromatic heterocycles. The molecule has 1 atom stereocenters. The van der Waals surface area contributed by atoms with Gasteiger partial charge >= 0.3 is 0 Å². The molecule has 0 aliphatic carbocycles. The van der Waals surface area contributed by atoms with E-state index in [1.165, 1.54) is 11.1 Å². The summed E-state index contributed by atoms with van der Waals surface area (Å²) in [5, 5.41) is 0. The molecule has 0 heterocycles. The molecule has 2 rings (SSSR count). The molecule has 172 valence electrons. The topological polar surface area (TPSA) is 18.5 Å². The van der Waals surface area contributed by atoms with Crippen LogP contribution in [0.1, 0.15) is 58.6 Å². The van der Waals surface area contributed by atoms with E-state index in [0.29, 0.717) is 31.7 Å². The molecule has 1 unspecified atom stereocenters. The normalized spacial score (nSPS) is 13.7. The Hall–Kier alpha value is -1.68. The smallest absolute Gasteiger partial charge is 0.190 e. The van der Waals surface area contributed by atoms with Gasteiger partial charge < -0.3 is 9.47 Å². The van der Waals surface area contributed by atoms with E-state index in [0.717, 1.165) is 17.3 Å². The molecule has 3 nitrogen and oxygen atoms in total. The number of hydrogen-bond donors (Lipinski definition) is 0. The van der Waals surface area contributed by atoms with Crippen LogP contribution < -0.4 is 0 Å². The van der Waals surface area contributed by atoms with Crippen molar-refractivity contribution in [2.45, 2.75) is 65.8 Å². The van der Waals surface area contributed by atoms with Gasteiger partial charge in [0, 0.05) is 25.3 Å². The van der Waals surface area contributed by atoms with Crippen molar-refractivity contribution >= 4 is 0 Å². The van der Waals surface area contributed by atoms with Crippen molar-refractivity contribution in [1.82, 2.24) is 0 Å². The molecule has 0 aliphatic rings. The lowest BCUT2D eigenvalue weighted by Crippen LogP contribution is -2.63. The summed E-state index contributed by atoms with van der Waals surface area (Å²) in [7, 11) is 4.68. The lowest BCUT2D eigenvalue weighted by molar-refractivity contribution is -0.991. The number of rotatable bonds is 13. The Kier molecular flexibility index (Phi) is 9.74. The predicted molar refractivity (Wildman–Crippen MR) is 131 cm³/mol. The Morgan fingerprint density at radius 2 is 1.26 bits per heavy atom. The second-order valence-electron chi connectivity index (χ2n) is 10.1. The highest BCUT2D eigenvalue weighted by atomic mass is 16.5. The first kappa shape index (κ1) is 25.6. The molecule has 0 spiro atoms. The van der Waals surface area contributed by atoms with Gasteiger partial charge in [-0.25, -0.2) is 0 Å². The first-order valence-electron chi connectivity index (χ1n) is 11.8. The largest absolute Gasteiger partial charge is 0.374 e. The third-order valence-corrected chi connectivity index (χ3v) is 6.51. The summed E-state index contributed by atoms with van der Waals surface area (Å²) in [4.78, 5) is 0. The van der Waals surface area contributed by atoms with E-state index in [2.05, 4.69) is 91.2 Å². The van der Waals surface area contributed by atoms with Crippen molar-refractivity contribution in [3.63, 3.8) is 0 Å². The maximum atomic E-state index is 6.38. The van der Waals surface area contributed by atoms with Crippen LogP contribution in [0.5, 0.6) is 0 Å². The molecule has 0 radical (unpaired) electrons. The Morgan fingerprint density at radius 1 is 0.742 bits per heavy atom. The number of quaternary nitrogens is 1. The van der Waals surface area contributed by atoms with Crippen molar-refractivity contribution < 1.29 is 14.0 Å². The van der Waals surface area contributed by atoms with E-state index in [1.807, 2.05) is 18.2 Å². The number of hydrogen-bond acceptors (Lipinski definition) is 2.